The molecular weight excluding hydrogens is 182 g/mol. The number of halogens is 1. The zero-order chi connectivity index (χ0) is 9.26. The lowest BCUT2D eigenvalue weighted by Crippen LogP contribution is -2.37. The van der Waals surface area contributed by atoms with Crippen LogP contribution in [-0.4, -0.2) is 13.1 Å². The smallest absolute Gasteiger partial charge is 0.0408 e. The summed E-state index contributed by atoms with van der Waals surface area (Å²) in [5, 5.41) is 4.13. The topological polar surface area (TPSA) is 12.0 Å². The second-order valence-electron chi connectivity index (χ2n) is 3.71. The van der Waals surface area contributed by atoms with E-state index in [4.69, 9.17) is 11.6 Å². The molecule has 1 nitrogen and oxygen atoms in total. The highest BCUT2D eigenvalue weighted by Crippen LogP contribution is 2.37. The maximum Gasteiger partial charge on any atom is 0.0408 e. The highest BCUT2D eigenvalue weighted by atomic mass is 35.5. The van der Waals surface area contributed by atoms with Gasteiger partial charge in [-0.1, -0.05) is 23.7 Å². The first-order chi connectivity index (χ1) is 6.29. The van der Waals surface area contributed by atoms with Crippen LogP contribution in [0.15, 0.2) is 24.3 Å². The molecular formula is C11H14ClN. The SMILES string of the molecule is CNC1CC(c2cccc(Cl)c2)C1. The van der Waals surface area contributed by atoms with Crippen LogP contribution < -0.4 is 5.32 Å². The monoisotopic (exact) mass is 195 g/mol. The van der Waals surface area contributed by atoms with Crippen molar-refractivity contribution in [3.8, 4) is 0 Å². The van der Waals surface area contributed by atoms with Gasteiger partial charge in [-0.2, -0.15) is 0 Å². The molecule has 1 N–H and O–H groups in total. The second kappa shape index (κ2) is 3.69. The zero-order valence-electron chi connectivity index (χ0n) is 7.76. The molecule has 0 unspecified atom stereocenters. The molecule has 0 aromatic heterocycles. The Bertz CT molecular complexity index is 292. The van der Waals surface area contributed by atoms with Crippen molar-refractivity contribution in [2.75, 3.05) is 7.05 Å². The minimum atomic E-state index is 0.712. The highest BCUT2D eigenvalue weighted by molar-refractivity contribution is 6.30. The van der Waals surface area contributed by atoms with Gasteiger partial charge in [0.25, 0.3) is 0 Å². The Hall–Kier alpha value is -0.530. The van der Waals surface area contributed by atoms with Crippen LogP contribution >= 0.6 is 11.6 Å². The van der Waals surface area contributed by atoms with Crippen molar-refractivity contribution in [2.24, 2.45) is 0 Å². The van der Waals surface area contributed by atoms with Gasteiger partial charge in [0.2, 0.25) is 0 Å². The lowest BCUT2D eigenvalue weighted by Gasteiger charge is -2.35. The van der Waals surface area contributed by atoms with Gasteiger partial charge in [-0.25, -0.2) is 0 Å². The molecule has 1 aromatic carbocycles. The van der Waals surface area contributed by atoms with Gasteiger partial charge in [-0.05, 0) is 43.5 Å². The maximum absolute atomic E-state index is 5.92. The molecule has 1 aliphatic carbocycles. The van der Waals surface area contributed by atoms with E-state index in [0.29, 0.717) is 6.04 Å². The van der Waals surface area contributed by atoms with Gasteiger partial charge in [0, 0.05) is 11.1 Å². The molecule has 0 saturated heterocycles. The molecule has 2 rings (SSSR count). The van der Waals surface area contributed by atoms with Gasteiger partial charge >= 0.3 is 0 Å². The fourth-order valence-electron chi connectivity index (χ4n) is 1.89. The van der Waals surface area contributed by atoms with Crippen molar-refractivity contribution in [3.63, 3.8) is 0 Å². The Kier molecular flexibility index (Phi) is 2.56. The Morgan fingerprint density at radius 2 is 2.15 bits per heavy atom. The molecule has 2 heteroatoms. The summed E-state index contributed by atoms with van der Waals surface area (Å²) in [7, 11) is 2.03. The molecule has 1 aliphatic rings. The third-order valence-electron chi connectivity index (χ3n) is 2.87. The molecule has 0 radical (unpaired) electrons. The molecule has 1 aromatic rings. The molecule has 0 amide bonds. The van der Waals surface area contributed by atoms with E-state index < -0.39 is 0 Å². The van der Waals surface area contributed by atoms with Crippen molar-refractivity contribution in [2.45, 2.75) is 24.8 Å². The van der Waals surface area contributed by atoms with E-state index in [0.717, 1.165) is 10.9 Å². The Balaban J connectivity index is 2.03. The predicted octanol–water partition coefficient (Wildman–Crippen LogP) is 2.81. The zero-order valence-corrected chi connectivity index (χ0v) is 8.51. The van der Waals surface area contributed by atoms with E-state index in [1.54, 1.807) is 0 Å². The first-order valence-corrected chi connectivity index (χ1v) is 5.10. The standard InChI is InChI=1S/C11H14ClN/c1-13-11-6-9(7-11)8-3-2-4-10(12)5-8/h2-5,9,11,13H,6-7H2,1H3. The minimum Gasteiger partial charge on any atom is -0.317 e. The molecule has 1 fully saturated rings. The summed E-state index contributed by atoms with van der Waals surface area (Å²) < 4.78 is 0. The summed E-state index contributed by atoms with van der Waals surface area (Å²) in [6, 6.07) is 8.92. The van der Waals surface area contributed by atoms with E-state index in [9.17, 15) is 0 Å². The van der Waals surface area contributed by atoms with Crippen LogP contribution in [0.4, 0.5) is 0 Å². The van der Waals surface area contributed by atoms with Crippen molar-refractivity contribution in [3.05, 3.63) is 34.9 Å². The maximum atomic E-state index is 5.92. The quantitative estimate of drug-likeness (QED) is 0.766. The summed E-state index contributed by atoms with van der Waals surface area (Å²) in [5.74, 6) is 0.719. The van der Waals surface area contributed by atoms with E-state index >= 15 is 0 Å². The Morgan fingerprint density at radius 1 is 1.38 bits per heavy atom. The van der Waals surface area contributed by atoms with Crippen molar-refractivity contribution < 1.29 is 0 Å². The summed E-state index contributed by atoms with van der Waals surface area (Å²) in [4.78, 5) is 0. The molecule has 0 bridgehead atoms. The number of rotatable bonds is 2. The van der Waals surface area contributed by atoms with Gasteiger partial charge in [0.05, 0.1) is 0 Å². The molecule has 70 valence electrons. The van der Waals surface area contributed by atoms with E-state index in [2.05, 4.69) is 17.4 Å². The van der Waals surface area contributed by atoms with Crippen LogP contribution in [0.2, 0.25) is 5.02 Å². The third kappa shape index (κ3) is 1.87. The number of hydrogen-bond acceptors (Lipinski definition) is 1. The predicted molar refractivity (Wildman–Crippen MR) is 56.3 cm³/mol. The van der Waals surface area contributed by atoms with Crippen molar-refractivity contribution >= 4 is 11.6 Å². The summed E-state index contributed by atoms with van der Waals surface area (Å²) in [5.41, 5.74) is 1.39. The average molecular weight is 196 g/mol. The van der Waals surface area contributed by atoms with Gasteiger partial charge in [0.1, 0.15) is 0 Å². The summed E-state index contributed by atoms with van der Waals surface area (Å²) in [6.45, 7) is 0. The van der Waals surface area contributed by atoms with E-state index in [1.807, 2.05) is 19.2 Å². The number of hydrogen-bond donors (Lipinski definition) is 1. The molecule has 1 saturated carbocycles. The van der Waals surface area contributed by atoms with Crippen LogP contribution in [-0.2, 0) is 0 Å². The van der Waals surface area contributed by atoms with Gasteiger partial charge in [-0.3, -0.25) is 0 Å². The van der Waals surface area contributed by atoms with Gasteiger partial charge < -0.3 is 5.32 Å². The first-order valence-electron chi connectivity index (χ1n) is 4.72. The van der Waals surface area contributed by atoms with Crippen molar-refractivity contribution in [1.82, 2.24) is 5.32 Å². The van der Waals surface area contributed by atoms with Crippen LogP contribution in [0.5, 0.6) is 0 Å². The molecule has 0 atom stereocenters. The van der Waals surface area contributed by atoms with Crippen LogP contribution in [0.1, 0.15) is 24.3 Å². The van der Waals surface area contributed by atoms with Gasteiger partial charge in [0.15, 0.2) is 0 Å². The molecule has 13 heavy (non-hydrogen) atoms. The second-order valence-corrected chi connectivity index (χ2v) is 4.15. The van der Waals surface area contributed by atoms with E-state index in [1.165, 1.54) is 18.4 Å². The summed E-state index contributed by atoms with van der Waals surface area (Å²) >= 11 is 5.92. The summed E-state index contributed by atoms with van der Waals surface area (Å²) in [6.07, 6.45) is 2.49. The lowest BCUT2D eigenvalue weighted by atomic mass is 9.76. The normalized spacial score (nSPS) is 26.9. The fourth-order valence-corrected chi connectivity index (χ4v) is 2.08. The van der Waals surface area contributed by atoms with Crippen molar-refractivity contribution in [1.29, 1.82) is 0 Å². The molecule has 0 heterocycles. The van der Waals surface area contributed by atoms with Crippen LogP contribution in [0.3, 0.4) is 0 Å². The molecule has 0 aliphatic heterocycles. The van der Waals surface area contributed by atoms with Crippen LogP contribution in [0, 0.1) is 0 Å². The highest BCUT2D eigenvalue weighted by Gasteiger charge is 2.28. The fraction of sp³-hybridized carbons (Fsp3) is 0.455. The molecule has 0 spiro atoms. The minimum absolute atomic E-state index is 0.712. The first kappa shape index (κ1) is 9.04. The van der Waals surface area contributed by atoms with Gasteiger partial charge in [-0.15, -0.1) is 0 Å². The average Bonchev–Trinajstić information content (AvgIpc) is 2.02. The van der Waals surface area contributed by atoms with Crippen LogP contribution in [0.25, 0.3) is 0 Å². The Labute approximate surface area is 84.1 Å². The van der Waals surface area contributed by atoms with E-state index in [-0.39, 0.29) is 0 Å². The number of nitrogens with one attached hydrogen (secondary N) is 1. The number of benzene rings is 1. The Morgan fingerprint density at radius 3 is 2.77 bits per heavy atom. The third-order valence-corrected chi connectivity index (χ3v) is 3.10. The lowest BCUT2D eigenvalue weighted by molar-refractivity contribution is 0.307. The largest absolute Gasteiger partial charge is 0.317 e.